The van der Waals surface area contributed by atoms with Gasteiger partial charge in [-0.15, -0.1) is 0 Å². The van der Waals surface area contributed by atoms with Crippen LogP contribution in [0.2, 0.25) is 0 Å². The molecule has 0 bridgehead atoms. The molecule has 25 heavy (non-hydrogen) atoms. The first-order chi connectivity index (χ1) is 12.1. The number of fused-ring (bicyclic) bond motifs is 1. The molecule has 1 aliphatic carbocycles. The highest BCUT2D eigenvalue weighted by molar-refractivity contribution is 5.79. The molecule has 2 aromatic rings. The Labute approximate surface area is 146 Å². The molecule has 0 radical (unpaired) electrons. The largest absolute Gasteiger partial charge is 0.355 e. The third-order valence-electron chi connectivity index (χ3n) is 5.38. The number of rotatable bonds is 2. The maximum Gasteiger partial charge on any atom is 0.249 e. The Kier molecular flexibility index (Phi) is 4.07. The van der Waals surface area contributed by atoms with Crippen molar-refractivity contribution in [3.05, 3.63) is 46.0 Å². The fourth-order valence-electron chi connectivity index (χ4n) is 3.94. The topological polar surface area (TPSA) is 74.2 Å². The van der Waals surface area contributed by atoms with Crippen LogP contribution in [-0.4, -0.2) is 51.8 Å². The standard InChI is InChI=1S/C18H23N5O2/c1-21-15-6-5-13(11-14(15)12-19-21)18(25)23-9-7-22(8-10-23)16-3-2-4-17(24)20-16/h2-4,12-13H,5-11H2,1H3,(H,20,24). The fraction of sp³-hybridized carbons (Fsp3) is 0.500. The summed E-state index contributed by atoms with van der Waals surface area (Å²) in [5.74, 6) is 1.16. The zero-order valence-electron chi connectivity index (χ0n) is 14.4. The average molecular weight is 341 g/mol. The molecule has 1 N–H and O–H groups in total. The Hall–Kier alpha value is -2.57. The van der Waals surface area contributed by atoms with Gasteiger partial charge >= 0.3 is 0 Å². The van der Waals surface area contributed by atoms with Crippen molar-refractivity contribution in [3.8, 4) is 0 Å². The summed E-state index contributed by atoms with van der Waals surface area (Å²) in [7, 11) is 1.97. The van der Waals surface area contributed by atoms with Gasteiger partial charge in [-0.1, -0.05) is 6.07 Å². The summed E-state index contributed by atoms with van der Waals surface area (Å²) < 4.78 is 1.93. The van der Waals surface area contributed by atoms with E-state index in [9.17, 15) is 9.59 Å². The number of H-pyrrole nitrogens is 1. The summed E-state index contributed by atoms with van der Waals surface area (Å²) in [6.07, 6.45) is 4.53. The number of pyridine rings is 1. The van der Waals surface area contributed by atoms with E-state index >= 15 is 0 Å². The zero-order chi connectivity index (χ0) is 17.4. The van der Waals surface area contributed by atoms with Gasteiger partial charge in [-0.25, -0.2) is 0 Å². The van der Waals surface area contributed by atoms with E-state index < -0.39 is 0 Å². The first kappa shape index (κ1) is 15.9. The second kappa shape index (κ2) is 6.38. The second-order valence-corrected chi connectivity index (χ2v) is 6.89. The lowest BCUT2D eigenvalue weighted by atomic mass is 9.86. The third-order valence-corrected chi connectivity index (χ3v) is 5.38. The van der Waals surface area contributed by atoms with Crippen molar-refractivity contribution in [1.82, 2.24) is 19.7 Å². The Bertz CT molecular complexity index is 832. The van der Waals surface area contributed by atoms with E-state index in [0.29, 0.717) is 13.1 Å². The molecule has 3 heterocycles. The van der Waals surface area contributed by atoms with Crippen molar-refractivity contribution in [2.24, 2.45) is 13.0 Å². The molecule has 7 heteroatoms. The van der Waals surface area contributed by atoms with Gasteiger partial charge in [0.2, 0.25) is 11.5 Å². The van der Waals surface area contributed by atoms with Gasteiger partial charge in [0, 0.05) is 50.9 Å². The van der Waals surface area contributed by atoms with Crippen LogP contribution in [0, 0.1) is 5.92 Å². The summed E-state index contributed by atoms with van der Waals surface area (Å²) in [6, 6.07) is 5.18. The summed E-state index contributed by atoms with van der Waals surface area (Å²) in [4.78, 5) is 31.3. The minimum Gasteiger partial charge on any atom is -0.355 e. The average Bonchev–Trinajstić information content (AvgIpc) is 3.02. The Morgan fingerprint density at radius 1 is 1.24 bits per heavy atom. The zero-order valence-corrected chi connectivity index (χ0v) is 14.4. The summed E-state index contributed by atoms with van der Waals surface area (Å²) >= 11 is 0. The van der Waals surface area contributed by atoms with Crippen LogP contribution >= 0.6 is 0 Å². The Morgan fingerprint density at radius 2 is 2.04 bits per heavy atom. The molecule has 1 amide bonds. The van der Waals surface area contributed by atoms with Crippen LogP contribution in [0.25, 0.3) is 0 Å². The predicted molar refractivity (Wildman–Crippen MR) is 94.6 cm³/mol. The van der Waals surface area contributed by atoms with Crippen molar-refractivity contribution in [1.29, 1.82) is 0 Å². The maximum absolute atomic E-state index is 12.9. The Balaban J connectivity index is 1.38. The molecule has 0 spiro atoms. The molecule has 1 aliphatic heterocycles. The molecule has 0 saturated carbocycles. The Morgan fingerprint density at radius 3 is 2.80 bits per heavy atom. The first-order valence-electron chi connectivity index (χ1n) is 8.84. The van der Waals surface area contributed by atoms with Crippen LogP contribution in [0.5, 0.6) is 0 Å². The van der Waals surface area contributed by atoms with Crippen molar-refractivity contribution in [3.63, 3.8) is 0 Å². The minimum absolute atomic E-state index is 0.0692. The summed E-state index contributed by atoms with van der Waals surface area (Å²) in [5, 5.41) is 4.31. The number of piperazine rings is 1. The number of hydrogen-bond acceptors (Lipinski definition) is 4. The molecule has 2 aliphatic rings. The summed E-state index contributed by atoms with van der Waals surface area (Å²) in [5.41, 5.74) is 2.39. The van der Waals surface area contributed by atoms with Gasteiger partial charge in [-0.2, -0.15) is 5.10 Å². The molecule has 2 aromatic heterocycles. The number of hydrogen-bond donors (Lipinski definition) is 1. The fourth-order valence-corrected chi connectivity index (χ4v) is 3.94. The van der Waals surface area contributed by atoms with Crippen molar-refractivity contribution >= 4 is 11.7 Å². The van der Waals surface area contributed by atoms with E-state index in [1.807, 2.05) is 28.9 Å². The predicted octanol–water partition coefficient (Wildman–Crippen LogP) is 0.562. The molecule has 7 nitrogen and oxygen atoms in total. The van der Waals surface area contributed by atoms with E-state index in [-0.39, 0.29) is 17.4 Å². The van der Waals surface area contributed by atoms with Crippen LogP contribution in [0.1, 0.15) is 17.7 Å². The lowest BCUT2D eigenvalue weighted by Crippen LogP contribution is -2.51. The number of amides is 1. The van der Waals surface area contributed by atoms with Crippen LogP contribution in [-0.2, 0) is 24.7 Å². The van der Waals surface area contributed by atoms with Crippen molar-refractivity contribution < 1.29 is 4.79 Å². The number of aromatic nitrogens is 3. The van der Waals surface area contributed by atoms with E-state index in [4.69, 9.17) is 0 Å². The van der Waals surface area contributed by atoms with Crippen molar-refractivity contribution in [2.45, 2.75) is 19.3 Å². The first-order valence-corrected chi connectivity index (χ1v) is 8.84. The molecule has 1 fully saturated rings. The van der Waals surface area contributed by atoms with Crippen LogP contribution in [0.3, 0.4) is 0 Å². The molecular formula is C18H23N5O2. The normalized spacial score (nSPS) is 20.4. The SMILES string of the molecule is Cn1ncc2c1CCC(C(=O)N1CCN(c3cccc(=O)[nH]3)CC1)C2. The van der Waals surface area contributed by atoms with Gasteiger partial charge in [0.25, 0.3) is 0 Å². The molecule has 1 unspecified atom stereocenters. The molecule has 132 valence electrons. The molecule has 1 saturated heterocycles. The van der Waals surface area contributed by atoms with E-state index in [1.165, 1.54) is 17.3 Å². The van der Waals surface area contributed by atoms with Crippen LogP contribution in [0.4, 0.5) is 5.82 Å². The number of carbonyl (C=O) groups is 1. The number of aryl methyl sites for hydroxylation is 1. The lowest BCUT2D eigenvalue weighted by molar-refractivity contribution is -0.136. The van der Waals surface area contributed by atoms with Crippen molar-refractivity contribution in [2.75, 3.05) is 31.1 Å². The minimum atomic E-state index is -0.0921. The van der Waals surface area contributed by atoms with Gasteiger partial charge in [0.05, 0.1) is 6.20 Å². The lowest BCUT2D eigenvalue weighted by Gasteiger charge is -2.37. The summed E-state index contributed by atoms with van der Waals surface area (Å²) in [6.45, 7) is 2.89. The number of aromatic amines is 1. The van der Waals surface area contributed by atoms with Gasteiger partial charge in [-0.3, -0.25) is 14.3 Å². The molecular weight excluding hydrogens is 318 g/mol. The number of nitrogens with zero attached hydrogens (tertiary/aromatic N) is 4. The van der Waals surface area contributed by atoms with Gasteiger partial charge in [0.15, 0.2) is 0 Å². The van der Waals surface area contributed by atoms with Gasteiger partial charge in [0.1, 0.15) is 5.82 Å². The quantitative estimate of drug-likeness (QED) is 0.866. The highest BCUT2D eigenvalue weighted by Crippen LogP contribution is 2.27. The maximum atomic E-state index is 12.9. The third kappa shape index (κ3) is 3.06. The van der Waals surface area contributed by atoms with Gasteiger partial charge in [-0.05, 0) is 30.9 Å². The highest BCUT2D eigenvalue weighted by Gasteiger charge is 2.31. The highest BCUT2D eigenvalue weighted by atomic mass is 16.2. The van der Waals surface area contributed by atoms with Crippen LogP contribution < -0.4 is 10.5 Å². The molecule has 0 aromatic carbocycles. The number of nitrogens with one attached hydrogen (secondary N) is 1. The van der Waals surface area contributed by atoms with Gasteiger partial charge < -0.3 is 14.8 Å². The van der Waals surface area contributed by atoms with E-state index in [0.717, 1.165) is 38.2 Å². The molecule has 1 atom stereocenters. The number of anilines is 1. The second-order valence-electron chi connectivity index (χ2n) is 6.89. The smallest absolute Gasteiger partial charge is 0.249 e. The van der Waals surface area contributed by atoms with Crippen LogP contribution in [0.15, 0.2) is 29.2 Å². The van der Waals surface area contributed by atoms with E-state index in [2.05, 4.69) is 15.0 Å². The van der Waals surface area contributed by atoms with E-state index in [1.54, 1.807) is 6.07 Å². The molecule has 4 rings (SSSR count). The monoisotopic (exact) mass is 341 g/mol. The number of carbonyl (C=O) groups excluding carboxylic acids is 1.